The number of hydrogen-bond donors (Lipinski definition) is 3. The van der Waals surface area contributed by atoms with Crippen LogP contribution in [0.2, 0.25) is 0 Å². The van der Waals surface area contributed by atoms with E-state index in [1.807, 2.05) is 124 Å². The third-order valence-electron chi connectivity index (χ3n) is 11.7. The first kappa shape index (κ1) is 51.0. The van der Waals surface area contributed by atoms with Crippen molar-refractivity contribution in [3.8, 4) is 22.0 Å². The zero-order chi connectivity index (χ0) is 48.8. The molecule has 4 aromatic heterocycles. The van der Waals surface area contributed by atoms with Gasteiger partial charge >= 0.3 is 0 Å². The average Bonchev–Trinajstić information content (AvgIpc) is 4.09. The highest BCUT2D eigenvalue weighted by Crippen LogP contribution is 2.30. The van der Waals surface area contributed by atoms with Crippen LogP contribution in [0.5, 0.6) is 5.75 Å². The molecule has 0 aliphatic carbocycles. The molecular weight excluding hydrogens is 903 g/mol. The molecule has 7 rings (SSSR count). The molecule has 5 heterocycles. The Bertz CT molecular complexity index is 2620. The van der Waals surface area contributed by atoms with Crippen LogP contribution in [0.1, 0.15) is 51.4 Å². The molecule has 0 bridgehead atoms. The Hall–Kier alpha value is -5.86. The van der Waals surface area contributed by atoms with Crippen molar-refractivity contribution < 1.29 is 47.9 Å². The van der Waals surface area contributed by atoms with Gasteiger partial charge in [-0.25, -0.2) is 9.97 Å². The molecule has 3 N–H and O–H groups in total. The van der Waals surface area contributed by atoms with E-state index in [4.69, 9.17) is 28.4 Å². The monoisotopic (exact) mass is 965 g/mol. The largest absolute Gasteiger partial charge is 0.491 e. The topological polar surface area (TPSA) is 198 Å². The molecule has 17 nitrogen and oxygen atoms in total. The summed E-state index contributed by atoms with van der Waals surface area (Å²) in [5, 5.41) is 19.6. The second-order valence-electron chi connectivity index (χ2n) is 17.9. The van der Waals surface area contributed by atoms with E-state index in [1.165, 1.54) is 4.90 Å². The van der Waals surface area contributed by atoms with Crippen molar-refractivity contribution >= 4 is 50.7 Å². The lowest BCUT2D eigenvalue weighted by Gasteiger charge is -2.35. The molecule has 368 valence electrons. The van der Waals surface area contributed by atoms with E-state index in [-0.39, 0.29) is 44.7 Å². The summed E-state index contributed by atoms with van der Waals surface area (Å²) in [6.07, 6.45) is 6.68. The van der Waals surface area contributed by atoms with E-state index in [0.717, 1.165) is 54.9 Å². The highest BCUT2D eigenvalue weighted by Gasteiger charge is 2.44. The number of pyridine rings is 2. The minimum absolute atomic E-state index is 0.0188. The third kappa shape index (κ3) is 14.1. The number of aryl methyl sites for hydroxylation is 1. The quantitative estimate of drug-likeness (QED) is 0.0580. The SMILES string of the molecule is Cc1ncsc1-c1ccc([C@H](C)NC(=O)[C@@H]2C[C@@H](O)CN2C(=O)[C@@H](NC(=O)COCCOCCOCCOCCOCCOc2ccc3cc(-n4ccc5ccncc54)ncc3c2)C(C)(C)C)cc1. The van der Waals surface area contributed by atoms with E-state index in [1.54, 1.807) is 17.5 Å². The Labute approximate surface area is 406 Å². The number of aliphatic hydroxyl groups excluding tert-OH is 1. The van der Waals surface area contributed by atoms with Gasteiger partial charge in [0.05, 0.1) is 99.4 Å². The normalized spacial score (nSPS) is 15.9. The van der Waals surface area contributed by atoms with Crippen molar-refractivity contribution in [3.05, 3.63) is 102 Å². The summed E-state index contributed by atoms with van der Waals surface area (Å²) in [4.78, 5) is 56.3. The molecule has 4 atom stereocenters. The molecule has 3 amide bonds. The van der Waals surface area contributed by atoms with E-state index in [2.05, 4.69) is 25.6 Å². The molecule has 0 spiro atoms. The molecule has 1 fully saturated rings. The third-order valence-corrected chi connectivity index (χ3v) is 12.7. The molecule has 18 heteroatoms. The summed E-state index contributed by atoms with van der Waals surface area (Å²) in [6, 6.07) is 17.7. The van der Waals surface area contributed by atoms with Crippen LogP contribution in [-0.4, -0.2) is 145 Å². The first-order valence-electron chi connectivity index (χ1n) is 23.3. The smallest absolute Gasteiger partial charge is 0.246 e. The van der Waals surface area contributed by atoms with E-state index in [0.29, 0.717) is 52.9 Å². The van der Waals surface area contributed by atoms with Gasteiger partial charge in [0.25, 0.3) is 0 Å². The molecular formula is C51H63N7O10S. The van der Waals surface area contributed by atoms with Crippen LogP contribution < -0.4 is 15.4 Å². The van der Waals surface area contributed by atoms with Gasteiger partial charge in [-0.1, -0.05) is 51.1 Å². The Morgan fingerprint density at radius 1 is 0.797 bits per heavy atom. The molecule has 0 unspecified atom stereocenters. The number of nitrogens with one attached hydrogen (secondary N) is 2. The summed E-state index contributed by atoms with van der Waals surface area (Å²) < 4.78 is 35.8. The van der Waals surface area contributed by atoms with Gasteiger partial charge in [-0.3, -0.25) is 23.9 Å². The van der Waals surface area contributed by atoms with Crippen molar-refractivity contribution in [1.82, 2.24) is 35.1 Å². The molecule has 69 heavy (non-hydrogen) atoms. The predicted molar refractivity (Wildman–Crippen MR) is 262 cm³/mol. The summed E-state index contributed by atoms with van der Waals surface area (Å²) in [5.41, 5.74) is 5.03. The Balaban J connectivity index is 0.703. The van der Waals surface area contributed by atoms with Crippen LogP contribution in [0.15, 0.2) is 91.0 Å². The summed E-state index contributed by atoms with van der Waals surface area (Å²) in [6.45, 7) is 12.6. The number of aromatic nitrogens is 4. The van der Waals surface area contributed by atoms with Gasteiger partial charge in [-0.05, 0) is 66.1 Å². The lowest BCUT2D eigenvalue weighted by atomic mass is 9.85. The van der Waals surface area contributed by atoms with Gasteiger partial charge in [-0.15, -0.1) is 11.3 Å². The number of β-amino-alcohol motifs (C(OH)–C–C–N with tert-alkyl or cyclic N) is 1. The summed E-state index contributed by atoms with van der Waals surface area (Å²) in [7, 11) is 0. The maximum atomic E-state index is 14.0. The van der Waals surface area contributed by atoms with Crippen LogP contribution in [0.4, 0.5) is 0 Å². The lowest BCUT2D eigenvalue weighted by molar-refractivity contribution is -0.144. The number of rotatable bonds is 25. The van der Waals surface area contributed by atoms with Crippen molar-refractivity contribution in [2.75, 3.05) is 79.2 Å². The molecule has 1 saturated heterocycles. The van der Waals surface area contributed by atoms with Gasteiger partial charge in [0.2, 0.25) is 17.7 Å². The fraction of sp³-hybridized carbons (Fsp3) is 0.451. The highest BCUT2D eigenvalue weighted by atomic mass is 32.1. The first-order valence-corrected chi connectivity index (χ1v) is 24.1. The molecule has 0 saturated carbocycles. The Kier molecular flexibility index (Phi) is 18.2. The van der Waals surface area contributed by atoms with Gasteiger partial charge < -0.3 is 49.1 Å². The van der Waals surface area contributed by atoms with Crippen LogP contribution in [0.25, 0.3) is 37.9 Å². The molecule has 1 aliphatic rings. The molecule has 6 aromatic rings. The molecule has 0 radical (unpaired) electrons. The lowest BCUT2D eigenvalue weighted by Crippen LogP contribution is -2.58. The number of ether oxygens (including phenoxy) is 6. The van der Waals surface area contributed by atoms with Crippen molar-refractivity contribution in [2.45, 2.75) is 65.3 Å². The minimum atomic E-state index is -0.966. The van der Waals surface area contributed by atoms with Crippen molar-refractivity contribution in [2.24, 2.45) is 5.41 Å². The number of benzene rings is 2. The van der Waals surface area contributed by atoms with Crippen molar-refractivity contribution in [1.29, 1.82) is 0 Å². The second-order valence-corrected chi connectivity index (χ2v) is 18.8. The summed E-state index contributed by atoms with van der Waals surface area (Å²) in [5.74, 6) is 0.276. The maximum absolute atomic E-state index is 14.0. The van der Waals surface area contributed by atoms with E-state index < -0.39 is 35.4 Å². The number of nitrogens with zero attached hydrogens (tertiary/aromatic N) is 5. The average molecular weight is 966 g/mol. The van der Waals surface area contributed by atoms with Crippen LogP contribution in [0.3, 0.4) is 0 Å². The first-order chi connectivity index (χ1) is 33.4. The van der Waals surface area contributed by atoms with Crippen LogP contribution in [0, 0.1) is 12.3 Å². The number of likely N-dealkylation sites (tertiary alicyclic amines) is 1. The standard InChI is InChI=1S/C51H63N7O10S/c1-34(36-6-8-38(9-7-36)47-35(2)54-33-69-47)55-49(61)43-28-41(59)31-58(43)50(62)48(51(3,4)5)56-46(60)32-67-23-22-65-19-18-63-16-17-64-20-21-66-24-25-68-42-11-10-39-27-45(53-29-40(39)26-42)57-15-13-37-12-14-52-30-44(37)57/h6-15,26-27,29-30,33-34,41,43,48,59H,16-25,28,31-32H2,1-5H3,(H,55,61)(H,56,60)/t34-,41+,43-,48+/m0/s1. The highest BCUT2D eigenvalue weighted by molar-refractivity contribution is 7.13. The van der Waals surface area contributed by atoms with Gasteiger partial charge in [0.15, 0.2) is 0 Å². The fourth-order valence-electron chi connectivity index (χ4n) is 7.98. The summed E-state index contributed by atoms with van der Waals surface area (Å²) >= 11 is 1.57. The maximum Gasteiger partial charge on any atom is 0.246 e. The molecule has 1 aliphatic heterocycles. The van der Waals surface area contributed by atoms with Crippen molar-refractivity contribution in [3.63, 3.8) is 0 Å². The number of carbonyl (C=O) groups excluding carboxylic acids is 3. The Morgan fingerprint density at radius 2 is 1.48 bits per heavy atom. The van der Waals surface area contributed by atoms with Gasteiger partial charge in [0.1, 0.15) is 36.9 Å². The number of amides is 3. The van der Waals surface area contributed by atoms with Gasteiger partial charge in [0, 0.05) is 42.3 Å². The fourth-order valence-corrected chi connectivity index (χ4v) is 8.80. The number of thiazole rings is 1. The van der Waals surface area contributed by atoms with E-state index in [9.17, 15) is 19.5 Å². The number of aliphatic hydroxyl groups is 1. The van der Waals surface area contributed by atoms with Gasteiger partial charge in [-0.2, -0.15) is 0 Å². The minimum Gasteiger partial charge on any atom is -0.491 e. The predicted octanol–water partition coefficient (Wildman–Crippen LogP) is 5.84. The number of fused-ring (bicyclic) bond motifs is 2. The Morgan fingerprint density at radius 3 is 2.14 bits per heavy atom. The zero-order valence-corrected chi connectivity index (χ0v) is 40.7. The van der Waals surface area contributed by atoms with Crippen LogP contribution in [-0.2, 0) is 38.1 Å². The second kappa shape index (κ2) is 24.6. The molecule has 2 aromatic carbocycles. The van der Waals surface area contributed by atoms with Crippen LogP contribution >= 0.6 is 11.3 Å². The number of hydrogen-bond acceptors (Lipinski definition) is 14. The zero-order valence-electron chi connectivity index (χ0n) is 39.9. The van der Waals surface area contributed by atoms with E-state index >= 15 is 0 Å². The number of carbonyl (C=O) groups is 3.